The maximum Gasteiger partial charge on any atom is 0.222 e. The van der Waals surface area contributed by atoms with Gasteiger partial charge in [-0.1, -0.05) is 24.3 Å². The van der Waals surface area contributed by atoms with E-state index in [0.29, 0.717) is 12.3 Å². The first-order chi connectivity index (χ1) is 9.76. The summed E-state index contributed by atoms with van der Waals surface area (Å²) in [6.07, 6.45) is 4.42. The maximum atomic E-state index is 12.3. The summed E-state index contributed by atoms with van der Waals surface area (Å²) in [5, 5.41) is 8.89. The molecular formula is C17H20N2O. The molecule has 20 heavy (non-hydrogen) atoms. The number of carbonyl (C=O) groups excluding carboxylic acids is 1. The molecule has 0 unspecified atom stereocenters. The number of amides is 1. The van der Waals surface area contributed by atoms with Gasteiger partial charge in [0.05, 0.1) is 6.07 Å². The summed E-state index contributed by atoms with van der Waals surface area (Å²) in [6, 6.07) is 10.8. The van der Waals surface area contributed by atoms with Gasteiger partial charge in [0.15, 0.2) is 0 Å². The van der Waals surface area contributed by atoms with Crippen molar-refractivity contribution in [2.24, 2.45) is 11.8 Å². The number of fused-ring (bicyclic) bond motifs is 1. The van der Waals surface area contributed by atoms with Crippen molar-refractivity contribution in [1.29, 1.82) is 5.26 Å². The van der Waals surface area contributed by atoms with Gasteiger partial charge in [-0.15, -0.1) is 0 Å². The minimum Gasteiger partial charge on any atom is -0.343 e. The van der Waals surface area contributed by atoms with Crippen LogP contribution in [0, 0.1) is 23.2 Å². The average molecular weight is 268 g/mol. The van der Waals surface area contributed by atoms with Gasteiger partial charge in [-0.2, -0.15) is 5.26 Å². The van der Waals surface area contributed by atoms with Crippen LogP contribution in [0.1, 0.15) is 30.4 Å². The van der Waals surface area contributed by atoms with E-state index in [-0.39, 0.29) is 11.8 Å². The van der Waals surface area contributed by atoms with Gasteiger partial charge in [0.1, 0.15) is 0 Å². The highest BCUT2D eigenvalue weighted by atomic mass is 16.2. The quantitative estimate of drug-likeness (QED) is 0.827. The van der Waals surface area contributed by atoms with Gasteiger partial charge in [-0.05, 0) is 42.7 Å². The van der Waals surface area contributed by atoms with Gasteiger partial charge in [0, 0.05) is 25.4 Å². The molecule has 1 aliphatic heterocycles. The van der Waals surface area contributed by atoms with Crippen molar-refractivity contribution in [2.45, 2.75) is 32.1 Å². The summed E-state index contributed by atoms with van der Waals surface area (Å²) in [5.41, 5.74) is 2.82. The molecule has 2 aliphatic rings. The monoisotopic (exact) mass is 268 g/mol. The van der Waals surface area contributed by atoms with Crippen LogP contribution in [0.5, 0.6) is 0 Å². The highest BCUT2D eigenvalue weighted by Gasteiger charge is 2.27. The van der Waals surface area contributed by atoms with E-state index in [1.807, 2.05) is 4.90 Å². The van der Waals surface area contributed by atoms with E-state index in [0.717, 1.165) is 38.8 Å². The Morgan fingerprint density at radius 3 is 2.35 bits per heavy atom. The molecule has 1 heterocycles. The number of nitrogens with zero attached hydrogens (tertiary/aromatic N) is 2. The van der Waals surface area contributed by atoms with Gasteiger partial charge in [-0.3, -0.25) is 4.79 Å². The Kier molecular flexibility index (Phi) is 3.73. The summed E-state index contributed by atoms with van der Waals surface area (Å²) in [6.45, 7) is 1.52. The summed E-state index contributed by atoms with van der Waals surface area (Å²) in [5.74, 6) is 0.891. The minimum absolute atomic E-state index is 0.148. The van der Waals surface area contributed by atoms with Crippen LogP contribution in [0.3, 0.4) is 0 Å². The lowest BCUT2D eigenvalue weighted by molar-refractivity contribution is -0.133. The maximum absolute atomic E-state index is 12.3. The first-order valence-electron chi connectivity index (χ1n) is 7.50. The number of carbonyl (C=O) groups is 1. The van der Waals surface area contributed by atoms with Crippen LogP contribution in [-0.4, -0.2) is 23.9 Å². The van der Waals surface area contributed by atoms with Crippen LogP contribution < -0.4 is 0 Å². The highest BCUT2D eigenvalue weighted by molar-refractivity contribution is 5.76. The van der Waals surface area contributed by atoms with Gasteiger partial charge in [0.2, 0.25) is 5.91 Å². The Bertz CT molecular complexity index is 513. The second kappa shape index (κ2) is 5.66. The number of rotatable bonds is 2. The van der Waals surface area contributed by atoms with Crippen molar-refractivity contribution in [1.82, 2.24) is 4.90 Å². The van der Waals surface area contributed by atoms with Crippen molar-refractivity contribution in [3.05, 3.63) is 35.4 Å². The molecule has 1 aliphatic carbocycles. The number of benzene rings is 1. The van der Waals surface area contributed by atoms with Gasteiger partial charge >= 0.3 is 0 Å². The summed E-state index contributed by atoms with van der Waals surface area (Å²) in [7, 11) is 0. The molecule has 3 heteroatoms. The van der Waals surface area contributed by atoms with E-state index in [1.54, 1.807) is 0 Å². The zero-order valence-electron chi connectivity index (χ0n) is 11.7. The molecule has 0 bridgehead atoms. The predicted molar refractivity (Wildman–Crippen MR) is 76.9 cm³/mol. The molecule has 104 valence electrons. The lowest BCUT2D eigenvalue weighted by Crippen LogP contribution is -2.39. The highest BCUT2D eigenvalue weighted by Crippen LogP contribution is 2.29. The molecule has 0 aromatic heterocycles. The summed E-state index contributed by atoms with van der Waals surface area (Å²) >= 11 is 0. The molecule has 1 fully saturated rings. The van der Waals surface area contributed by atoms with E-state index in [9.17, 15) is 4.79 Å². The molecule has 3 rings (SSSR count). The number of hydrogen-bond acceptors (Lipinski definition) is 2. The standard InChI is InChI=1S/C17H20N2O/c18-12-13-5-7-19(8-6-13)17(20)11-14-9-15-3-1-2-4-16(15)10-14/h1-4,13-14H,5-11H2. The third-order valence-corrected chi connectivity index (χ3v) is 4.63. The molecule has 0 spiro atoms. The zero-order chi connectivity index (χ0) is 13.9. The average Bonchev–Trinajstić information content (AvgIpc) is 2.89. The van der Waals surface area contributed by atoms with Crippen LogP contribution in [0.25, 0.3) is 0 Å². The zero-order valence-corrected chi connectivity index (χ0v) is 11.7. The van der Waals surface area contributed by atoms with Crippen molar-refractivity contribution < 1.29 is 4.79 Å². The van der Waals surface area contributed by atoms with Gasteiger partial charge in [-0.25, -0.2) is 0 Å². The summed E-state index contributed by atoms with van der Waals surface area (Å²) < 4.78 is 0. The van der Waals surface area contributed by atoms with E-state index in [1.165, 1.54) is 11.1 Å². The van der Waals surface area contributed by atoms with Gasteiger partial charge in [0.25, 0.3) is 0 Å². The molecule has 1 aromatic rings. The molecule has 0 N–H and O–H groups in total. The van der Waals surface area contributed by atoms with E-state index in [2.05, 4.69) is 30.3 Å². The Labute approximate surface area is 120 Å². The Balaban J connectivity index is 1.53. The van der Waals surface area contributed by atoms with Crippen molar-refractivity contribution >= 4 is 5.91 Å². The van der Waals surface area contributed by atoms with Crippen molar-refractivity contribution in [3.63, 3.8) is 0 Å². The second-order valence-corrected chi connectivity index (χ2v) is 6.03. The first-order valence-corrected chi connectivity index (χ1v) is 7.50. The Hall–Kier alpha value is -1.82. The molecule has 0 atom stereocenters. The van der Waals surface area contributed by atoms with Crippen LogP contribution in [0.2, 0.25) is 0 Å². The number of likely N-dealkylation sites (tertiary alicyclic amines) is 1. The normalized spacial score (nSPS) is 19.6. The Morgan fingerprint density at radius 2 is 1.80 bits per heavy atom. The third kappa shape index (κ3) is 2.70. The SMILES string of the molecule is N#CC1CCN(C(=O)CC2Cc3ccccc3C2)CC1. The topological polar surface area (TPSA) is 44.1 Å². The Morgan fingerprint density at radius 1 is 1.20 bits per heavy atom. The minimum atomic E-state index is 0.148. The molecule has 1 aromatic carbocycles. The largest absolute Gasteiger partial charge is 0.343 e. The molecule has 0 saturated carbocycles. The van der Waals surface area contributed by atoms with Crippen LogP contribution >= 0.6 is 0 Å². The second-order valence-electron chi connectivity index (χ2n) is 6.03. The predicted octanol–water partition coefficient (Wildman–Crippen LogP) is 2.55. The lowest BCUT2D eigenvalue weighted by Gasteiger charge is -2.30. The smallest absolute Gasteiger partial charge is 0.222 e. The fraction of sp³-hybridized carbons (Fsp3) is 0.529. The molecule has 1 saturated heterocycles. The van der Waals surface area contributed by atoms with E-state index >= 15 is 0 Å². The number of piperidine rings is 1. The molecule has 1 amide bonds. The van der Waals surface area contributed by atoms with Crippen molar-refractivity contribution in [2.75, 3.05) is 13.1 Å². The number of nitriles is 1. The van der Waals surface area contributed by atoms with E-state index < -0.39 is 0 Å². The van der Waals surface area contributed by atoms with Crippen LogP contribution in [0.15, 0.2) is 24.3 Å². The lowest BCUT2D eigenvalue weighted by atomic mass is 9.96. The summed E-state index contributed by atoms with van der Waals surface area (Å²) in [4.78, 5) is 14.3. The fourth-order valence-corrected chi connectivity index (χ4v) is 3.43. The number of hydrogen-bond donors (Lipinski definition) is 0. The molecular weight excluding hydrogens is 248 g/mol. The molecule has 0 radical (unpaired) electrons. The van der Waals surface area contributed by atoms with Gasteiger partial charge < -0.3 is 4.90 Å². The van der Waals surface area contributed by atoms with E-state index in [4.69, 9.17) is 5.26 Å². The van der Waals surface area contributed by atoms with Crippen molar-refractivity contribution in [3.8, 4) is 6.07 Å². The van der Waals surface area contributed by atoms with Crippen LogP contribution in [-0.2, 0) is 17.6 Å². The van der Waals surface area contributed by atoms with Crippen LogP contribution in [0.4, 0.5) is 0 Å². The molecule has 3 nitrogen and oxygen atoms in total. The first kappa shape index (κ1) is 13.2. The third-order valence-electron chi connectivity index (χ3n) is 4.63. The fourth-order valence-electron chi connectivity index (χ4n) is 3.43.